The van der Waals surface area contributed by atoms with Crippen LogP contribution in [0.3, 0.4) is 0 Å². The number of allylic oxidation sites excluding steroid dienone is 2. The maximum absolute atomic E-state index is 11.7. The fraction of sp³-hybridized carbons (Fsp3) is 0.789. The summed E-state index contributed by atoms with van der Waals surface area (Å²) in [6.45, 7) is 2.14. The van der Waals surface area contributed by atoms with Gasteiger partial charge < -0.3 is 4.79 Å². The van der Waals surface area contributed by atoms with E-state index < -0.39 is 0 Å². The van der Waals surface area contributed by atoms with E-state index in [1.54, 1.807) is 0 Å². The minimum atomic E-state index is 0.445. The fourth-order valence-electron chi connectivity index (χ4n) is 2.43. The van der Waals surface area contributed by atoms with E-state index in [4.69, 9.17) is 0 Å². The second-order valence-electron chi connectivity index (χ2n) is 5.84. The van der Waals surface area contributed by atoms with Crippen molar-refractivity contribution in [3.05, 3.63) is 12.2 Å². The standard InChI is InChI=1S/C19H34O2/c1-2-3-4-5-10-13-16-19(21)17-14-11-8-6-7-9-12-15-18-20/h3-4,18H,2,5-17H2,1H3/b4-3-. The number of unbranched alkanes of at least 4 members (excludes halogenated alkanes) is 9. The molecule has 0 bridgehead atoms. The van der Waals surface area contributed by atoms with Crippen molar-refractivity contribution in [1.82, 2.24) is 0 Å². The second kappa shape index (κ2) is 17.1. The van der Waals surface area contributed by atoms with Crippen LogP contribution in [0, 0.1) is 0 Å². The van der Waals surface area contributed by atoms with Crippen molar-refractivity contribution < 1.29 is 9.59 Å². The van der Waals surface area contributed by atoms with E-state index in [-0.39, 0.29) is 0 Å². The number of rotatable bonds is 16. The third-order valence-corrected chi connectivity index (χ3v) is 3.76. The third kappa shape index (κ3) is 17.0. The molecule has 0 amide bonds. The van der Waals surface area contributed by atoms with E-state index in [1.807, 2.05) is 0 Å². The molecule has 0 aliphatic rings. The molecule has 0 rings (SSSR count). The van der Waals surface area contributed by atoms with Crippen LogP contribution in [0.5, 0.6) is 0 Å². The Labute approximate surface area is 131 Å². The molecule has 0 fully saturated rings. The van der Waals surface area contributed by atoms with Gasteiger partial charge in [0.1, 0.15) is 12.1 Å². The Balaban J connectivity index is 3.19. The first-order valence-electron chi connectivity index (χ1n) is 8.91. The zero-order chi connectivity index (χ0) is 15.6. The molecule has 0 atom stereocenters. The zero-order valence-corrected chi connectivity index (χ0v) is 13.9. The quantitative estimate of drug-likeness (QED) is 0.205. The normalized spacial score (nSPS) is 11.1. The van der Waals surface area contributed by atoms with Crippen LogP contribution >= 0.6 is 0 Å². The number of hydrogen-bond donors (Lipinski definition) is 0. The highest BCUT2D eigenvalue weighted by molar-refractivity contribution is 5.78. The number of hydrogen-bond acceptors (Lipinski definition) is 2. The number of ketones is 1. The first kappa shape index (κ1) is 20.1. The largest absolute Gasteiger partial charge is 0.303 e. The molecule has 0 aliphatic carbocycles. The van der Waals surface area contributed by atoms with Crippen molar-refractivity contribution in [2.24, 2.45) is 0 Å². The molecule has 0 saturated carbocycles. The highest BCUT2D eigenvalue weighted by Gasteiger charge is 2.01. The number of aldehydes is 1. The van der Waals surface area contributed by atoms with Gasteiger partial charge in [-0.05, 0) is 38.5 Å². The molecule has 0 aromatic carbocycles. The van der Waals surface area contributed by atoms with Crippen LogP contribution in [0.15, 0.2) is 12.2 Å². The lowest BCUT2D eigenvalue weighted by molar-refractivity contribution is -0.119. The molecule has 0 radical (unpaired) electrons. The fourth-order valence-corrected chi connectivity index (χ4v) is 2.43. The minimum Gasteiger partial charge on any atom is -0.303 e. The Hall–Kier alpha value is -0.920. The predicted octanol–water partition coefficient (Wildman–Crippen LogP) is 5.79. The maximum atomic E-state index is 11.7. The summed E-state index contributed by atoms with van der Waals surface area (Å²) in [5.74, 6) is 0.445. The van der Waals surface area contributed by atoms with Crippen molar-refractivity contribution in [2.75, 3.05) is 0 Å². The zero-order valence-electron chi connectivity index (χ0n) is 13.9. The molecule has 0 saturated heterocycles. The molecule has 0 aliphatic heterocycles. The smallest absolute Gasteiger partial charge is 0.132 e. The summed E-state index contributed by atoms with van der Waals surface area (Å²) >= 11 is 0. The van der Waals surface area contributed by atoms with Crippen molar-refractivity contribution in [1.29, 1.82) is 0 Å². The summed E-state index contributed by atoms with van der Waals surface area (Å²) in [5, 5.41) is 0. The van der Waals surface area contributed by atoms with Crippen molar-refractivity contribution in [3.63, 3.8) is 0 Å². The number of Topliss-reactive ketones (excluding diaryl/α,β-unsaturated/α-hetero) is 1. The average Bonchev–Trinajstić information content (AvgIpc) is 2.49. The Morgan fingerprint density at radius 1 is 0.714 bits per heavy atom. The molecule has 0 heterocycles. The van der Waals surface area contributed by atoms with Gasteiger partial charge in [-0.1, -0.05) is 51.2 Å². The Kier molecular flexibility index (Phi) is 16.4. The lowest BCUT2D eigenvalue weighted by atomic mass is 10.0. The summed E-state index contributed by atoms with van der Waals surface area (Å²) in [6.07, 6.45) is 20.2. The van der Waals surface area contributed by atoms with Crippen LogP contribution in [-0.4, -0.2) is 12.1 Å². The second-order valence-corrected chi connectivity index (χ2v) is 5.84. The van der Waals surface area contributed by atoms with Crippen LogP contribution in [0.1, 0.15) is 96.8 Å². The van der Waals surface area contributed by atoms with Crippen molar-refractivity contribution >= 4 is 12.1 Å². The lowest BCUT2D eigenvalue weighted by Crippen LogP contribution is -1.97. The predicted molar refractivity (Wildman–Crippen MR) is 90.5 cm³/mol. The summed E-state index contributed by atoms with van der Waals surface area (Å²) in [7, 11) is 0. The van der Waals surface area contributed by atoms with Gasteiger partial charge in [-0.25, -0.2) is 0 Å². The summed E-state index contributed by atoms with van der Waals surface area (Å²) in [6, 6.07) is 0. The van der Waals surface area contributed by atoms with Gasteiger partial charge in [0.15, 0.2) is 0 Å². The maximum Gasteiger partial charge on any atom is 0.132 e. The molecular formula is C19H34O2. The molecule has 0 aromatic rings. The molecule has 0 aromatic heterocycles. The van der Waals surface area contributed by atoms with E-state index in [0.717, 1.165) is 57.7 Å². The molecule has 2 nitrogen and oxygen atoms in total. The van der Waals surface area contributed by atoms with Crippen molar-refractivity contribution in [2.45, 2.75) is 96.8 Å². The van der Waals surface area contributed by atoms with Gasteiger partial charge in [0.05, 0.1) is 0 Å². The summed E-state index contributed by atoms with van der Waals surface area (Å²) in [5.41, 5.74) is 0. The first-order chi connectivity index (χ1) is 10.3. The minimum absolute atomic E-state index is 0.445. The Morgan fingerprint density at radius 3 is 1.86 bits per heavy atom. The van der Waals surface area contributed by atoms with Gasteiger partial charge in [0, 0.05) is 19.3 Å². The lowest BCUT2D eigenvalue weighted by Gasteiger charge is -2.02. The SMILES string of the molecule is CC/C=C\CCCCC(=O)CCCCCCCCCC=O. The van der Waals surface area contributed by atoms with Gasteiger partial charge in [-0.2, -0.15) is 0 Å². The molecule has 21 heavy (non-hydrogen) atoms. The van der Waals surface area contributed by atoms with Gasteiger partial charge in [-0.3, -0.25) is 4.79 Å². The van der Waals surface area contributed by atoms with Gasteiger partial charge in [0.2, 0.25) is 0 Å². The molecule has 0 N–H and O–H groups in total. The monoisotopic (exact) mass is 294 g/mol. The van der Waals surface area contributed by atoms with E-state index in [9.17, 15) is 9.59 Å². The van der Waals surface area contributed by atoms with E-state index in [2.05, 4.69) is 19.1 Å². The van der Waals surface area contributed by atoms with Gasteiger partial charge >= 0.3 is 0 Å². The Morgan fingerprint density at radius 2 is 1.24 bits per heavy atom. The van der Waals surface area contributed by atoms with Crippen LogP contribution in [-0.2, 0) is 9.59 Å². The van der Waals surface area contributed by atoms with Crippen LogP contribution in [0.4, 0.5) is 0 Å². The molecule has 0 unspecified atom stereocenters. The number of carbonyl (C=O) groups excluding carboxylic acids is 2. The topological polar surface area (TPSA) is 34.1 Å². The highest BCUT2D eigenvalue weighted by atomic mass is 16.1. The third-order valence-electron chi connectivity index (χ3n) is 3.76. The molecule has 2 heteroatoms. The average molecular weight is 294 g/mol. The van der Waals surface area contributed by atoms with E-state index in [0.29, 0.717) is 12.2 Å². The van der Waals surface area contributed by atoms with Crippen LogP contribution in [0.2, 0.25) is 0 Å². The van der Waals surface area contributed by atoms with Crippen molar-refractivity contribution in [3.8, 4) is 0 Å². The summed E-state index contributed by atoms with van der Waals surface area (Å²) in [4.78, 5) is 21.8. The summed E-state index contributed by atoms with van der Waals surface area (Å²) < 4.78 is 0. The first-order valence-corrected chi connectivity index (χ1v) is 8.91. The van der Waals surface area contributed by atoms with E-state index in [1.165, 1.54) is 32.1 Å². The van der Waals surface area contributed by atoms with Crippen LogP contribution in [0.25, 0.3) is 0 Å². The molecule has 122 valence electrons. The van der Waals surface area contributed by atoms with Gasteiger partial charge in [-0.15, -0.1) is 0 Å². The van der Waals surface area contributed by atoms with Gasteiger partial charge in [0.25, 0.3) is 0 Å². The van der Waals surface area contributed by atoms with Crippen LogP contribution < -0.4 is 0 Å². The Bertz CT molecular complexity index is 269. The van der Waals surface area contributed by atoms with E-state index >= 15 is 0 Å². The molecular weight excluding hydrogens is 260 g/mol. The molecule has 0 spiro atoms. The highest BCUT2D eigenvalue weighted by Crippen LogP contribution is 2.11. The number of carbonyl (C=O) groups is 2.